The van der Waals surface area contributed by atoms with Gasteiger partial charge in [0.15, 0.2) is 0 Å². The average Bonchev–Trinajstić information content (AvgIpc) is 2.32. The maximum absolute atomic E-state index is 11.2. The second-order valence-corrected chi connectivity index (χ2v) is 3.23. The zero-order valence-corrected chi connectivity index (χ0v) is 8.47. The van der Waals surface area contributed by atoms with Crippen molar-refractivity contribution in [3.8, 4) is 0 Å². The first kappa shape index (κ1) is 10.2. The number of hydrogen-bond donors (Lipinski definition) is 3. The summed E-state index contributed by atoms with van der Waals surface area (Å²) in [6, 6.07) is 3.75. The van der Waals surface area contributed by atoms with Gasteiger partial charge in [0.1, 0.15) is 5.69 Å². The molecule has 2 rings (SSSR count). The molecular weight excluding hydrogens is 206 g/mol. The quantitative estimate of drug-likeness (QED) is 0.689. The van der Waals surface area contributed by atoms with Crippen molar-refractivity contribution in [2.75, 3.05) is 11.1 Å². The predicted octanol–water partition coefficient (Wildman–Crippen LogP) is 0.359. The molecule has 0 amide bonds. The minimum absolute atomic E-state index is 0.106. The minimum Gasteiger partial charge on any atom is -0.393 e. The van der Waals surface area contributed by atoms with Gasteiger partial charge in [-0.1, -0.05) is 0 Å². The van der Waals surface area contributed by atoms with E-state index in [4.69, 9.17) is 5.73 Å². The SMILES string of the molecule is Nc1cnc(NCc2ccncc2)[nH]c1=O. The highest BCUT2D eigenvalue weighted by Gasteiger charge is 1.98. The van der Waals surface area contributed by atoms with Gasteiger partial charge in [0.25, 0.3) is 5.56 Å². The van der Waals surface area contributed by atoms with Crippen LogP contribution in [0, 0.1) is 0 Å². The molecule has 2 heterocycles. The number of H-pyrrole nitrogens is 1. The molecule has 6 heteroatoms. The van der Waals surface area contributed by atoms with Gasteiger partial charge >= 0.3 is 0 Å². The fourth-order valence-electron chi connectivity index (χ4n) is 1.18. The highest BCUT2D eigenvalue weighted by molar-refractivity contribution is 5.36. The van der Waals surface area contributed by atoms with E-state index in [9.17, 15) is 4.79 Å². The molecule has 6 nitrogen and oxygen atoms in total. The van der Waals surface area contributed by atoms with Crippen molar-refractivity contribution >= 4 is 11.6 Å². The molecule has 0 bridgehead atoms. The van der Waals surface area contributed by atoms with Crippen molar-refractivity contribution in [2.45, 2.75) is 6.54 Å². The van der Waals surface area contributed by atoms with Crippen molar-refractivity contribution in [3.05, 3.63) is 46.6 Å². The molecule has 0 atom stereocenters. The van der Waals surface area contributed by atoms with Crippen molar-refractivity contribution < 1.29 is 0 Å². The lowest BCUT2D eigenvalue weighted by Crippen LogP contribution is -2.15. The zero-order valence-electron chi connectivity index (χ0n) is 8.47. The molecule has 0 saturated carbocycles. The number of pyridine rings is 1. The summed E-state index contributed by atoms with van der Waals surface area (Å²) in [4.78, 5) is 21.6. The normalized spacial score (nSPS) is 10.0. The van der Waals surface area contributed by atoms with Crippen LogP contribution in [-0.4, -0.2) is 15.0 Å². The third-order valence-corrected chi connectivity index (χ3v) is 2.04. The molecule has 0 aliphatic carbocycles. The first-order valence-corrected chi connectivity index (χ1v) is 4.73. The summed E-state index contributed by atoms with van der Waals surface area (Å²) in [5, 5.41) is 2.98. The second kappa shape index (κ2) is 4.43. The Morgan fingerprint density at radius 1 is 1.38 bits per heavy atom. The largest absolute Gasteiger partial charge is 0.393 e. The van der Waals surface area contributed by atoms with E-state index >= 15 is 0 Å². The molecule has 0 aliphatic heterocycles. The Morgan fingerprint density at radius 2 is 2.12 bits per heavy atom. The number of aromatic nitrogens is 3. The number of anilines is 2. The number of nitrogen functional groups attached to an aromatic ring is 1. The summed E-state index contributed by atoms with van der Waals surface area (Å²) in [7, 11) is 0. The van der Waals surface area contributed by atoms with Crippen LogP contribution < -0.4 is 16.6 Å². The summed E-state index contributed by atoms with van der Waals surface area (Å²) < 4.78 is 0. The molecule has 2 aromatic rings. The van der Waals surface area contributed by atoms with Gasteiger partial charge in [-0.3, -0.25) is 14.8 Å². The Balaban J connectivity index is 2.05. The number of nitrogens with one attached hydrogen (secondary N) is 2. The van der Waals surface area contributed by atoms with Crippen molar-refractivity contribution in [1.29, 1.82) is 0 Å². The lowest BCUT2D eigenvalue weighted by atomic mass is 10.3. The number of nitrogens with two attached hydrogens (primary N) is 1. The summed E-state index contributed by atoms with van der Waals surface area (Å²) in [5.74, 6) is 0.399. The van der Waals surface area contributed by atoms with E-state index in [-0.39, 0.29) is 11.2 Å². The van der Waals surface area contributed by atoms with Gasteiger partial charge in [-0.2, -0.15) is 0 Å². The molecule has 0 unspecified atom stereocenters. The van der Waals surface area contributed by atoms with Crippen LogP contribution in [0.1, 0.15) is 5.56 Å². The van der Waals surface area contributed by atoms with Gasteiger partial charge in [-0.05, 0) is 17.7 Å². The first-order valence-electron chi connectivity index (χ1n) is 4.73. The van der Waals surface area contributed by atoms with Crippen LogP contribution in [0.15, 0.2) is 35.5 Å². The number of aromatic amines is 1. The third-order valence-electron chi connectivity index (χ3n) is 2.04. The molecular formula is C10H11N5O. The third kappa shape index (κ3) is 2.35. The molecule has 0 fully saturated rings. The van der Waals surface area contributed by atoms with Gasteiger partial charge in [0.05, 0.1) is 6.20 Å². The maximum Gasteiger partial charge on any atom is 0.275 e. The van der Waals surface area contributed by atoms with Crippen LogP contribution in [0.4, 0.5) is 11.6 Å². The van der Waals surface area contributed by atoms with Crippen LogP contribution in [-0.2, 0) is 6.54 Å². The summed E-state index contributed by atoms with van der Waals surface area (Å²) in [5.41, 5.74) is 6.17. The van der Waals surface area contributed by atoms with Crippen LogP contribution in [0.25, 0.3) is 0 Å². The van der Waals surface area contributed by atoms with E-state index < -0.39 is 0 Å². The Hall–Kier alpha value is -2.37. The fraction of sp³-hybridized carbons (Fsp3) is 0.100. The number of rotatable bonds is 3. The van der Waals surface area contributed by atoms with Gasteiger partial charge in [-0.25, -0.2) is 4.98 Å². The molecule has 2 aromatic heterocycles. The monoisotopic (exact) mass is 217 g/mol. The highest BCUT2D eigenvalue weighted by Crippen LogP contribution is 2.01. The molecule has 82 valence electrons. The van der Waals surface area contributed by atoms with Gasteiger partial charge in [0.2, 0.25) is 5.95 Å². The van der Waals surface area contributed by atoms with Crippen LogP contribution >= 0.6 is 0 Å². The van der Waals surface area contributed by atoms with E-state index in [1.165, 1.54) is 6.20 Å². The molecule has 0 aromatic carbocycles. The molecule has 0 saturated heterocycles. The Morgan fingerprint density at radius 3 is 2.81 bits per heavy atom. The van der Waals surface area contributed by atoms with Gasteiger partial charge < -0.3 is 11.1 Å². The first-order chi connectivity index (χ1) is 7.75. The molecule has 0 spiro atoms. The lowest BCUT2D eigenvalue weighted by Gasteiger charge is -2.04. The Bertz CT molecular complexity index is 522. The molecule has 16 heavy (non-hydrogen) atoms. The van der Waals surface area contributed by atoms with Crippen LogP contribution in [0.5, 0.6) is 0 Å². The molecule has 0 radical (unpaired) electrons. The van der Waals surface area contributed by atoms with Crippen molar-refractivity contribution in [1.82, 2.24) is 15.0 Å². The zero-order chi connectivity index (χ0) is 11.4. The number of hydrogen-bond acceptors (Lipinski definition) is 5. The lowest BCUT2D eigenvalue weighted by molar-refractivity contribution is 1.03. The highest BCUT2D eigenvalue weighted by atomic mass is 16.1. The van der Waals surface area contributed by atoms with E-state index in [0.29, 0.717) is 12.5 Å². The summed E-state index contributed by atoms with van der Waals surface area (Å²) in [6.07, 6.45) is 4.74. The van der Waals surface area contributed by atoms with E-state index in [2.05, 4.69) is 20.3 Å². The minimum atomic E-state index is -0.341. The molecule has 0 aliphatic rings. The topological polar surface area (TPSA) is 96.7 Å². The molecule has 4 N–H and O–H groups in total. The standard InChI is InChI=1S/C10H11N5O/c11-8-6-14-10(15-9(8)16)13-5-7-1-3-12-4-2-7/h1-4,6H,5,11H2,(H2,13,14,15,16). The van der Waals surface area contributed by atoms with E-state index in [0.717, 1.165) is 5.56 Å². The van der Waals surface area contributed by atoms with Gasteiger partial charge in [0, 0.05) is 18.9 Å². The Labute approximate surface area is 91.6 Å². The van der Waals surface area contributed by atoms with Gasteiger partial charge in [-0.15, -0.1) is 0 Å². The van der Waals surface area contributed by atoms with E-state index in [1.54, 1.807) is 12.4 Å². The second-order valence-electron chi connectivity index (χ2n) is 3.23. The maximum atomic E-state index is 11.2. The van der Waals surface area contributed by atoms with Crippen molar-refractivity contribution in [3.63, 3.8) is 0 Å². The number of nitrogens with zero attached hydrogens (tertiary/aromatic N) is 2. The van der Waals surface area contributed by atoms with E-state index in [1.807, 2.05) is 12.1 Å². The summed E-state index contributed by atoms with van der Waals surface area (Å²) >= 11 is 0. The van der Waals surface area contributed by atoms with Crippen LogP contribution in [0.3, 0.4) is 0 Å². The Kier molecular flexibility index (Phi) is 2.81. The summed E-state index contributed by atoms with van der Waals surface area (Å²) in [6.45, 7) is 0.565. The average molecular weight is 217 g/mol. The van der Waals surface area contributed by atoms with Crippen LogP contribution in [0.2, 0.25) is 0 Å². The fourth-order valence-corrected chi connectivity index (χ4v) is 1.18. The van der Waals surface area contributed by atoms with Crippen molar-refractivity contribution in [2.24, 2.45) is 0 Å². The smallest absolute Gasteiger partial charge is 0.275 e. The predicted molar refractivity (Wildman–Crippen MR) is 60.8 cm³/mol.